The van der Waals surface area contributed by atoms with Crippen LogP contribution in [-0.4, -0.2) is 47.5 Å². The monoisotopic (exact) mass is 428 g/mol. The summed E-state index contributed by atoms with van der Waals surface area (Å²) in [7, 11) is 3.28. The minimum absolute atomic E-state index is 0.166. The van der Waals surface area contributed by atoms with Crippen molar-refractivity contribution in [3.63, 3.8) is 0 Å². The molecule has 0 aliphatic rings. The van der Waals surface area contributed by atoms with Crippen LogP contribution >= 0.6 is 12.2 Å². The van der Waals surface area contributed by atoms with Gasteiger partial charge in [-0.3, -0.25) is 19.9 Å². The van der Waals surface area contributed by atoms with Crippen LogP contribution in [0.5, 0.6) is 5.75 Å². The number of nitrogens with zero attached hydrogens (tertiary/aromatic N) is 2. The Morgan fingerprint density at radius 2 is 1.83 bits per heavy atom. The molecule has 0 saturated heterocycles. The van der Waals surface area contributed by atoms with Crippen molar-refractivity contribution in [2.75, 3.05) is 26.0 Å². The fourth-order valence-corrected chi connectivity index (χ4v) is 2.75. The molecule has 7 nitrogen and oxygen atoms in total. The second-order valence-corrected chi connectivity index (χ2v) is 7.86. The number of amides is 2. The van der Waals surface area contributed by atoms with E-state index >= 15 is 0 Å². The van der Waals surface area contributed by atoms with E-state index in [9.17, 15) is 9.59 Å². The molecule has 0 aliphatic carbocycles. The fourth-order valence-electron chi connectivity index (χ4n) is 2.54. The van der Waals surface area contributed by atoms with Crippen LogP contribution in [-0.2, 0) is 0 Å². The quantitative estimate of drug-likeness (QED) is 0.492. The Hall–Kier alpha value is -3.00. The van der Waals surface area contributed by atoms with Crippen molar-refractivity contribution in [1.29, 1.82) is 0 Å². The van der Waals surface area contributed by atoms with Gasteiger partial charge in [0.15, 0.2) is 5.11 Å². The van der Waals surface area contributed by atoms with Crippen molar-refractivity contribution < 1.29 is 14.3 Å². The summed E-state index contributed by atoms with van der Waals surface area (Å²) in [6.45, 7) is 5.08. The topological polar surface area (TPSA) is 83.6 Å². The lowest BCUT2D eigenvalue weighted by Crippen LogP contribution is -2.34. The summed E-state index contributed by atoms with van der Waals surface area (Å²) in [4.78, 5) is 29.6. The van der Waals surface area contributed by atoms with Crippen LogP contribution in [0.1, 0.15) is 47.5 Å². The van der Waals surface area contributed by atoms with Crippen molar-refractivity contribution >= 4 is 34.8 Å². The number of aromatic nitrogens is 1. The lowest BCUT2D eigenvalue weighted by molar-refractivity contribution is 0.0821. The second-order valence-electron chi connectivity index (χ2n) is 7.45. The Bertz CT molecular complexity index is 865. The highest BCUT2D eigenvalue weighted by Gasteiger charge is 2.12. The first-order valence-electron chi connectivity index (χ1n) is 9.79. The molecule has 160 valence electrons. The van der Waals surface area contributed by atoms with Gasteiger partial charge >= 0.3 is 0 Å². The maximum Gasteiger partial charge on any atom is 0.271 e. The van der Waals surface area contributed by atoms with E-state index in [1.807, 2.05) is 24.3 Å². The van der Waals surface area contributed by atoms with Gasteiger partial charge in [-0.25, -0.2) is 0 Å². The minimum atomic E-state index is -0.408. The second kappa shape index (κ2) is 11.3. The third-order valence-corrected chi connectivity index (χ3v) is 4.39. The summed E-state index contributed by atoms with van der Waals surface area (Å²) >= 11 is 5.20. The van der Waals surface area contributed by atoms with Crippen LogP contribution in [0.4, 0.5) is 5.69 Å². The Morgan fingerprint density at radius 3 is 2.40 bits per heavy atom. The van der Waals surface area contributed by atoms with E-state index in [0.717, 1.165) is 24.3 Å². The molecule has 8 heteroatoms. The van der Waals surface area contributed by atoms with E-state index in [2.05, 4.69) is 29.5 Å². The van der Waals surface area contributed by atoms with Crippen LogP contribution in [0, 0.1) is 5.92 Å². The van der Waals surface area contributed by atoms with E-state index in [4.69, 9.17) is 17.0 Å². The van der Waals surface area contributed by atoms with Gasteiger partial charge in [0.2, 0.25) is 0 Å². The highest BCUT2D eigenvalue weighted by Crippen LogP contribution is 2.16. The van der Waals surface area contributed by atoms with Crippen molar-refractivity contribution in [2.45, 2.75) is 26.7 Å². The van der Waals surface area contributed by atoms with E-state index in [1.165, 1.54) is 23.2 Å². The zero-order chi connectivity index (χ0) is 22.1. The van der Waals surface area contributed by atoms with Gasteiger partial charge in [-0.2, -0.15) is 0 Å². The molecule has 2 aromatic rings. The van der Waals surface area contributed by atoms with Crippen LogP contribution in [0.3, 0.4) is 0 Å². The standard InChI is InChI=1S/C22H28N4O3S/c1-15(2)6-5-13-29-18-10-8-17(9-11-18)24-22(30)25-20(27)16-7-12-19(23-14-16)21(28)26(3)4/h7-12,14-15H,5-6,13H2,1-4H3,(H2,24,25,27,30). The number of hydrogen-bond donors (Lipinski definition) is 2. The molecule has 2 amide bonds. The average Bonchev–Trinajstić information content (AvgIpc) is 2.71. The number of pyridine rings is 1. The first kappa shape index (κ1) is 23.3. The molecule has 2 N–H and O–H groups in total. The predicted octanol–water partition coefficient (Wildman–Crippen LogP) is 3.73. The molecule has 0 unspecified atom stereocenters. The molecule has 0 atom stereocenters. The maximum absolute atomic E-state index is 12.3. The Balaban J connectivity index is 1.83. The predicted molar refractivity (Wildman–Crippen MR) is 122 cm³/mol. The minimum Gasteiger partial charge on any atom is -0.494 e. The third kappa shape index (κ3) is 7.44. The molecule has 2 rings (SSSR count). The molecule has 1 aromatic carbocycles. The van der Waals surface area contributed by atoms with Gasteiger partial charge in [-0.05, 0) is 67.4 Å². The van der Waals surface area contributed by atoms with Crippen molar-refractivity contribution in [2.24, 2.45) is 5.92 Å². The van der Waals surface area contributed by atoms with Crippen molar-refractivity contribution in [3.8, 4) is 5.75 Å². The zero-order valence-corrected chi connectivity index (χ0v) is 18.6. The van der Waals surface area contributed by atoms with Gasteiger partial charge in [0, 0.05) is 26.0 Å². The zero-order valence-electron chi connectivity index (χ0n) is 17.8. The van der Waals surface area contributed by atoms with Gasteiger partial charge in [0.1, 0.15) is 11.4 Å². The number of ether oxygens (including phenoxy) is 1. The molecule has 0 aliphatic heterocycles. The van der Waals surface area contributed by atoms with Gasteiger partial charge in [0.05, 0.1) is 12.2 Å². The first-order valence-corrected chi connectivity index (χ1v) is 10.2. The molecule has 0 bridgehead atoms. The lowest BCUT2D eigenvalue weighted by atomic mass is 10.1. The van der Waals surface area contributed by atoms with Gasteiger partial charge in [0.25, 0.3) is 11.8 Å². The fraction of sp³-hybridized carbons (Fsp3) is 0.364. The molecule has 1 heterocycles. The number of rotatable bonds is 8. The highest BCUT2D eigenvalue weighted by atomic mass is 32.1. The number of carbonyl (C=O) groups excluding carboxylic acids is 2. The van der Waals surface area contributed by atoms with Gasteiger partial charge < -0.3 is 15.0 Å². The summed E-state index contributed by atoms with van der Waals surface area (Å²) in [5.41, 5.74) is 1.31. The Morgan fingerprint density at radius 1 is 1.13 bits per heavy atom. The number of nitrogens with one attached hydrogen (secondary N) is 2. The number of thiocarbonyl (C=S) groups is 1. The lowest BCUT2D eigenvalue weighted by Gasteiger charge is -2.12. The third-order valence-electron chi connectivity index (χ3n) is 4.18. The highest BCUT2D eigenvalue weighted by molar-refractivity contribution is 7.80. The number of carbonyl (C=O) groups is 2. The van der Waals surface area contributed by atoms with Crippen LogP contribution in [0.15, 0.2) is 42.6 Å². The maximum atomic E-state index is 12.3. The van der Waals surface area contributed by atoms with Gasteiger partial charge in [-0.1, -0.05) is 13.8 Å². The summed E-state index contributed by atoms with van der Waals surface area (Å²) in [6, 6.07) is 10.4. The molecule has 0 fully saturated rings. The normalized spacial score (nSPS) is 10.4. The molecule has 0 radical (unpaired) electrons. The molecule has 0 spiro atoms. The van der Waals surface area contributed by atoms with Crippen molar-refractivity contribution in [3.05, 3.63) is 53.9 Å². The molecular formula is C22H28N4O3S. The first-order chi connectivity index (χ1) is 14.3. The molecular weight excluding hydrogens is 400 g/mol. The van der Waals surface area contributed by atoms with Crippen molar-refractivity contribution in [1.82, 2.24) is 15.2 Å². The van der Waals surface area contributed by atoms with E-state index < -0.39 is 5.91 Å². The Labute approximate surface area is 182 Å². The number of benzene rings is 1. The molecule has 1 aromatic heterocycles. The molecule has 30 heavy (non-hydrogen) atoms. The average molecular weight is 429 g/mol. The largest absolute Gasteiger partial charge is 0.494 e. The van der Waals surface area contributed by atoms with Gasteiger partial charge in [-0.15, -0.1) is 0 Å². The van der Waals surface area contributed by atoms with Crippen LogP contribution in [0.2, 0.25) is 0 Å². The number of hydrogen-bond acceptors (Lipinski definition) is 5. The summed E-state index contributed by atoms with van der Waals surface area (Å²) in [6.07, 6.45) is 3.50. The van der Waals surface area contributed by atoms with E-state index in [1.54, 1.807) is 14.1 Å². The summed E-state index contributed by atoms with van der Waals surface area (Å²) < 4.78 is 5.72. The molecule has 0 saturated carbocycles. The van der Waals surface area contributed by atoms with Crippen LogP contribution < -0.4 is 15.4 Å². The van der Waals surface area contributed by atoms with E-state index in [0.29, 0.717) is 18.1 Å². The SMILES string of the molecule is CC(C)CCCOc1ccc(NC(=S)NC(=O)c2ccc(C(=O)N(C)C)nc2)cc1. The van der Waals surface area contributed by atoms with Crippen LogP contribution in [0.25, 0.3) is 0 Å². The smallest absolute Gasteiger partial charge is 0.271 e. The number of anilines is 1. The Kier molecular flexibility index (Phi) is 8.73. The van der Waals surface area contributed by atoms with E-state index in [-0.39, 0.29) is 16.7 Å². The summed E-state index contributed by atoms with van der Waals surface area (Å²) in [5, 5.41) is 5.72. The summed E-state index contributed by atoms with van der Waals surface area (Å²) in [5.74, 6) is 0.823.